The Bertz CT molecular complexity index is 343. The van der Waals surface area contributed by atoms with Gasteiger partial charge in [-0.25, -0.2) is 0 Å². The number of hydrogen-bond acceptors (Lipinski definition) is 5. The highest BCUT2D eigenvalue weighted by molar-refractivity contribution is 5.68. The molecule has 0 amide bonds. The van der Waals surface area contributed by atoms with E-state index in [0.29, 0.717) is 0 Å². The summed E-state index contributed by atoms with van der Waals surface area (Å²) in [6.07, 6.45) is -1.09. The van der Waals surface area contributed by atoms with Gasteiger partial charge < -0.3 is 10.6 Å². The molecule has 15 heavy (non-hydrogen) atoms. The minimum absolute atomic E-state index is 0.103. The number of nitro groups is 1. The summed E-state index contributed by atoms with van der Waals surface area (Å²) in [7, 11) is 1.79. The molecule has 0 heterocycles. The van der Waals surface area contributed by atoms with Gasteiger partial charge in [0.1, 0.15) is 0 Å². The summed E-state index contributed by atoms with van der Waals surface area (Å²) in [6.45, 7) is 0.103. The third kappa shape index (κ3) is 3.10. The summed E-state index contributed by atoms with van der Waals surface area (Å²) in [5, 5.41) is 16.2. The van der Waals surface area contributed by atoms with Crippen LogP contribution in [0.1, 0.15) is 0 Å². The Morgan fingerprint density at radius 3 is 2.60 bits per heavy atom. The van der Waals surface area contributed by atoms with Crippen LogP contribution in [0.4, 0.5) is 11.4 Å². The first-order chi connectivity index (χ1) is 7.15. The normalized spacial score (nSPS) is 11.9. The Kier molecular flexibility index (Phi) is 3.87. The molecule has 4 N–H and O–H groups in total. The highest BCUT2D eigenvalue weighted by atomic mass is 16.6. The maximum Gasteiger partial charge on any atom is 0.280 e. The van der Waals surface area contributed by atoms with Gasteiger partial charge in [0.05, 0.1) is 17.9 Å². The first kappa shape index (κ1) is 11.3. The zero-order valence-electron chi connectivity index (χ0n) is 8.43. The minimum atomic E-state index is -1.09. The fourth-order valence-corrected chi connectivity index (χ4v) is 1.14. The van der Waals surface area contributed by atoms with Crippen LogP contribution in [-0.2, 0) is 0 Å². The molecule has 0 aliphatic carbocycles. The molecule has 1 rings (SSSR count). The van der Waals surface area contributed by atoms with Gasteiger partial charge in [0.2, 0.25) is 0 Å². The van der Waals surface area contributed by atoms with Crippen molar-refractivity contribution in [1.29, 1.82) is 0 Å². The fourth-order valence-electron chi connectivity index (χ4n) is 1.14. The van der Waals surface area contributed by atoms with Crippen molar-refractivity contribution >= 4 is 11.4 Å². The van der Waals surface area contributed by atoms with Crippen molar-refractivity contribution < 1.29 is 4.92 Å². The first-order valence-corrected chi connectivity index (χ1v) is 4.55. The lowest BCUT2D eigenvalue weighted by Crippen LogP contribution is -2.36. The van der Waals surface area contributed by atoms with E-state index in [9.17, 15) is 10.1 Å². The van der Waals surface area contributed by atoms with Crippen LogP contribution in [-0.4, -0.2) is 24.7 Å². The van der Waals surface area contributed by atoms with Gasteiger partial charge in [-0.1, -0.05) is 12.1 Å². The largest absolute Gasteiger partial charge is 0.386 e. The van der Waals surface area contributed by atoms with Crippen LogP contribution in [0.2, 0.25) is 0 Å². The second-order valence-electron chi connectivity index (χ2n) is 3.03. The van der Waals surface area contributed by atoms with Crippen LogP contribution in [0.25, 0.3) is 0 Å². The highest BCUT2D eigenvalue weighted by Gasteiger charge is 2.12. The van der Waals surface area contributed by atoms with Gasteiger partial charge in [-0.05, 0) is 12.1 Å². The number of para-hydroxylation sites is 2. The number of benzene rings is 1. The van der Waals surface area contributed by atoms with Crippen LogP contribution in [0.15, 0.2) is 24.3 Å². The molecule has 6 heteroatoms. The molecule has 0 saturated heterocycles. The zero-order valence-corrected chi connectivity index (χ0v) is 8.43. The standard InChI is InChI=1S/C9H14N4O2/c1-11-7-4-2-3-5-8(7)12-6-9(10)13(14)15/h2-5,9,11-12H,6,10H2,1H3. The predicted molar refractivity (Wildman–Crippen MR) is 59.4 cm³/mol. The van der Waals surface area contributed by atoms with Crippen LogP contribution < -0.4 is 16.4 Å². The third-order valence-corrected chi connectivity index (χ3v) is 1.97. The SMILES string of the molecule is CNc1ccccc1NCC(N)[N+](=O)[O-]. The predicted octanol–water partition coefficient (Wildman–Crippen LogP) is 0.702. The van der Waals surface area contributed by atoms with Crippen molar-refractivity contribution in [2.75, 3.05) is 24.2 Å². The Hall–Kier alpha value is -1.82. The van der Waals surface area contributed by atoms with Gasteiger partial charge >= 0.3 is 0 Å². The lowest BCUT2D eigenvalue weighted by atomic mass is 10.2. The number of anilines is 2. The molecule has 0 aliphatic rings. The summed E-state index contributed by atoms with van der Waals surface area (Å²) < 4.78 is 0. The number of nitrogens with zero attached hydrogens (tertiary/aromatic N) is 1. The van der Waals surface area contributed by atoms with E-state index < -0.39 is 11.1 Å². The van der Waals surface area contributed by atoms with Gasteiger partial charge in [-0.15, -0.1) is 0 Å². The van der Waals surface area contributed by atoms with E-state index in [1.165, 1.54) is 0 Å². The first-order valence-electron chi connectivity index (χ1n) is 4.55. The molecule has 1 atom stereocenters. The Morgan fingerprint density at radius 2 is 2.07 bits per heavy atom. The third-order valence-electron chi connectivity index (χ3n) is 1.97. The summed E-state index contributed by atoms with van der Waals surface area (Å²) in [5.41, 5.74) is 6.96. The molecule has 0 bridgehead atoms. The van der Waals surface area contributed by atoms with Gasteiger partial charge in [0.25, 0.3) is 6.17 Å². The molecule has 6 nitrogen and oxygen atoms in total. The maximum absolute atomic E-state index is 10.3. The molecule has 1 unspecified atom stereocenters. The van der Waals surface area contributed by atoms with Crippen molar-refractivity contribution in [3.63, 3.8) is 0 Å². The van der Waals surface area contributed by atoms with Crippen molar-refractivity contribution in [3.8, 4) is 0 Å². The summed E-state index contributed by atoms with van der Waals surface area (Å²) in [5.74, 6) is 0. The van der Waals surface area contributed by atoms with E-state index in [2.05, 4.69) is 10.6 Å². The number of hydrogen-bond donors (Lipinski definition) is 3. The van der Waals surface area contributed by atoms with Gasteiger partial charge in [0, 0.05) is 12.0 Å². The second kappa shape index (κ2) is 5.16. The van der Waals surface area contributed by atoms with E-state index in [1.807, 2.05) is 24.3 Å². The summed E-state index contributed by atoms with van der Waals surface area (Å²) >= 11 is 0. The van der Waals surface area contributed by atoms with Gasteiger partial charge in [0.15, 0.2) is 0 Å². The van der Waals surface area contributed by atoms with Crippen molar-refractivity contribution in [2.24, 2.45) is 5.73 Å². The number of nitrogens with two attached hydrogens (primary N) is 1. The second-order valence-corrected chi connectivity index (χ2v) is 3.03. The summed E-state index contributed by atoms with van der Waals surface area (Å²) in [6, 6.07) is 7.43. The smallest absolute Gasteiger partial charge is 0.280 e. The number of rotatable bonds is 5. The molecule has 0 radical (unpaired) electrons. The average molecular weight is 210 g/mol. The molecule has 1 aromatic carbocycles. The molecular weight excluding hydrogens is 196 g/mol. The minimum Gasteiger partial charge on any atom is -0.386 e. The van der Waals surface area contributed by atoms with Crippen molar-refractivity contribution in [1.82, 2.24) is 0 Å². The zero-order chi connectivity index (χ0) is 11.3. The Morgan fingerprint density at radius 1 is 1.47 bits per heavy atom. The van der Waals surface area contributed by atoms with Crippen LogP contribution in [0.3, 0.4) is 0 Å². The molecule has 0 aromatic heterocycles. The van der Waals surface area contributed by atoms with E-state index >= 15 is 0 Å². The van der Waals surface area contributed by atoms with Crippen molar-refractivity contribution in [3.05, 3.63) is 34.4 Å². The molecule has 82 valence electrons. The topological polar surface area (TPSA) is 93.2 Å². The number of nitrogens with one attached hydrogen (secondary N) is 2. The summed E-state index contributed by atoms with van der Waals surface area (Å²) in [4.78, 5) is 9.78. The van der Waals surface area contributed by atoms with Crippen LogP contribution in [0.5, 0.6) is 0 Å². The monoisotopic (exact) mass is 210 g/mol. The molecule has 1 aromatic rings. The molecule has 0 saturated carbocycles. The van der Waals surface area contributed by atoms with Crippen LogP contribution in [0, 0.1) is 10.1 Å². The lowest BCUT2D eigenvalue weighted by molar-refractivity contribution is -0.517. The Labute approximate surface area is 87.6 Å². The quantitative estimate of drug-likeness (QED) is 0.378. The van der Waals surface area contributed by atoms with E-state index in [4.69, 9.17) is 5.73 Å². The highest BCUT2D eigenvalue weighted by Crippen LogP contribution is 2.19. The van der Waals surface area contributed by atoms with Gasteiger partial charge in [-0.3, -0.25) is 15.8 Å². The Balaban J connectivity index is 2.60. The van der Waals surface area contributed by atoms with Gasteiger partial charge in [-0.2, -0.15) is 0 Å². The fraction of sp³-hybridized carbons (Fsp3) is 0.333. The van der Waals surface area contributed by atoms with E-state index in [1.54, 1.807) is 7.05 Å². The molecule has 0 spiro atoms. The average Bonchev–Trinajstić information content (AvgIpc) is 2.26. The van der Waals surface area contributed by atoms with E-state index in [-0.39, 0.29) is 6.54 Å². The van der Waals surface area contributed by atoms with Crippen molar-refractivity contribution in [2.45, 2.75) is 6.17 Å². The van der Waals surface area contributed by atoms with Crippen LogP contribution >= 0.6 is 0 Å². The molecular formula is C9H14N4O2. The maximum atomic E-state index is 10.3. The lowest BCUT2D eigenvalue weighted by Gasteiger charge is -2.11. The molecule has 0 fully saturated rings. The molecule has 0 aliphatic heterocycles. The van der Waals surface area contributed by atoms with E-state index in [0.717, 1.165) is 11.4 Å².